The van der Waals surface area contributed by atoms with Gasteiger partial charge in [0.2, 0.25) is 5.78 Å². The van der Waals surface area contributed by atoms with Gasteiger partial charge in [-0.2, -0.15) is 0 Å². The van der Waals surface area contributed by atoms with Crippen molar-refractivity contribution < 1.29 is 4.79 Å². The highest BCUT2D eigenvalue weighted by Crippen LogP contribution is 2.20. The molecule has 0 aromatic carbocycles. The summed E-state index contributed by atoms with van der Waals surface area (Å²) in [6.07, 6.45) is 0. The number of carbonyl (C=O) groups is 1. The van der Waals surface area contributed by atoms with Crippen LogP contribution >= 0.6 is 38.6 Å². The summed E-state index contributed by atoms with van der Waals surface area (Å²) in [5.74, 6) is 0.00528. The molecular formula is C8H4BrNOS2. The number of aromatic nitrogens is 1. The number of ketones is 1. The standard InChI is InChI=1S/C8H4BrNOS2/c9-6-4-13-8(10-6)7(11)5-2-1-3-12-5/h1-4H. The molecule has 13 heavy (non-hydrogen) atoms. The Bertz CT molecular complexity index is 421. The lowest BCUT2D eigenvalue weighted by molar-refractivity contribution is 0.104. The summed E-state index contributed by atoms with van der Waals surface area (Å²) in [6.45, 7) is 0. The van der Waals surface area contributed by atoms with Crippen LogP contribution < -0.4 is 0 Å². The zero-order valence-corrected chi connectivity index (χ0v) is 9.58. The van der Waals surface area contributed by atoms with E-state index in [1.165, 1.54) is 22.7 Å². The molecule has 0 spiro atoms. The summed E-state index contributed by atoms with van der Waals surface area (Å²) in [5.41, 5.74) is 0. The van der Waals surface area contributed by atoms with Crippen LogP contribution in [0.1, 0.15) is 14.7 Å². The number of hydrogen-bond acceptors (Lipinski definition) is 4. The van der Waals surface area contributed by atoms with Crippen LogP contribution in [0.3, 0.4) is 0 Å². The van der Waals surface area contributed by atoms with E-state index in [-0.39, 0.29) is 5.78 Å². The molecule has 0 N–H and O–H groups in total. The minimum atomic E-state index is 0.00528. The van der Waals surface area contributed by atoms with E-state index in [1.54, 1.807) is 5.38 Å². The lowest BCUT2D eigenvalue weighted by Gasteiger charge is -1.88. The van der Waals surface area contributed by atoms with Crippen LogP contribution in [-0.2, 0) is 0 Å². The maximum atomic E-state index is 11.7. The average molecular weight is 274 g/mol. The van der Waals surface area contributed by atoms with Crippen LogP contribution in [0.4, 0.5) is 0 Å². The van der Waals surface area contributed by atoms with Crippen molar-refractivity contribution >= 4 is 44.4 Å². The summed E-state index contributed by atoms with van der Waals surface area (Å²) in [4.78, 5) is 16.5. The highest BCUT2D eigenvalue weighted by Gasteiger charge is 2.13. The fourth-order valence-corrected chi connectivity index (χ4v) is 2.81. The molecule has 5 heteroatoms. The van der Waals surface area contributed by atoms with Crippen molar-refractivity contribution in [3.8, 4) is 0 Å². The molecule has 2 rings (SSSR count). The van der Waals surface area contributed by atoms with Gasteiger partial charge in [-0.3, -0.25) is 4.79 Å². The Kier molecular flexibility index (Phi) is 2.57. The van der Waals surface area contributed by atoms with Gasteiger partial charge in [-0.05, 0) is 27.4 Å². The second-order valence-corrected chi connectivity index (χ2v) is 4.90. The smallest absolute Gasteiger partial charge is 0.231 e. The summed E-state index contributed by atoms with van der Waals surface area (Å²) in [7, 11) is 0. The van der Waals surface area contributed by atoms with Gasteiger partial charge in [-0.15, -0.1) is 22.7 Å². The molecule has 0 aliphatic carbocycles. The number of thiophene rings is 1. The first kappa shape index (κ1) is 9.05. The van der Waals surface area contributed by atoms with Crippen LogP contribution in [0.5, 0.6) is 0 Å². The summed E-state index contributed by atoms with van der Waals surface area (Å²) in [5, 5.41) is 4.23. The number of carbonyl (C=O) groups excluding carboxylic acids is 1. The van der Waals surface area contributed by atoms with Crippen molar-refractivity contribution in [2.75, 3.05) is 0 Å². The van der Waals surface area contributed by atoms with E-state index in [9.17, 15) is 4.79 Å². The molecule has 0 unspecified atom stereocenters. The fourth-order valence-electron chi connectivity index (χ4n) is 0.872. The Morgan fingerprint density at radius 2 is 2.31 bits per heavy atom. The van der Waals surface area contributed by atoms with E-state index in [0.29, 0.717) is 5.01 Å². The van der Waals surface area contributed by atoms with Gasteiger partial charge < -0.3 is 0 Å². The third-order valence-corrected chi connectivity index (χ3v) is 3.83. The van der Waals surface area contributed by atoms with E-state index < -0.39 is 0 Å². The van der Waals surface area contributed by atoms with Gasteiger partial charge in [0.1, 0.15) is 4.60 Å². The Labute approximate surface area is 91.4 Å². The first-order chi connectivity index (χ1) is 6.27. The average Bonchev–Trinajstić information content (AvgIpc) is 2.72. The summed E-state index contributed by atoms with van der Waals surface area (Å²) >= 11 is 6.01. The van der Waals surface area contributed by atoms with E-state index in [1.807, 2.05) is 17.5 Å². The van der Waals surface area contributed by atoms with Crippen molar-refractivity contribution in [2.24, 2.45) is 0 Å². The molecule has 2 aromatic rings. The third-order valence-electron chi connectivity index (χ3n) is 1.42. The molecule has 0 aliphatic rings. The quantitative estimate of drug-likeness (QED) is 0.787. The summed E-state index contributed by atoms with van der Waals surface area (Å²) < 4.78 is 0.720. The van der Waals surface area contributed by atoms with E-state index in [0.717, 1.165) is 9.48 Å². The van der Waals surface area contributed by atoms with Gasteiger partial charge in [-0.25, -0.2) is 4.98 Å². The van der Waals surface area contributed by atoms with Crippen molar-refractivity contribution in [2.45, 2.75) is 0 Å². The van der Waals surface area contributed by atoms with Gasteiger partial charge in [0.15, 0.2) is 5.01 Å². The second kappa shape index (κ2) is 3.69. The van der Waals surface area contributed by atoms with Crippen LogP contribution in [-0.4, -0.2) is 10.8 Å². The molecule has 2 aromatic heterocycles. The molecule has 0 amide bonds. The van der Waals surface area contributed by atoms with Gasteiger partial charge in [-0.1, -0.05) is 6.07 Å². The highest BCUT2D eigenvalue weighted by atomic mass is 79.9. The maximum Gasteiger partial charge on any atom is 0.231 e. The van der Waals surface area contributed by atoms with Crippen LogP contribution in [0.2, 0.25) is 0 Å². The highest BCUT2D eigenvalue weighted by molar-refractivity contribution is 9.10. The Hall–Kier alpha value is -0.520. The number of rotatable bonds is 2. The predicted molar refractivity (Wildman–Crippen MR) is 57.6 cm³/mol. The topological polar surface area (TPSA) is 30.0 Å². The van der Waals surface area contributed by atoms with Crippen molar-refractivity contribution in [1.82, 2.24) is 4.98 Å². The van der Waals surface area contributed by atoms with E-state index >= 15 is 0 Å². The van der Waals surface area contributed by atoms with Crippen molar-refractivity contribution in [1.29, 1.82) is 0 Å². The number of nitrogens with zero attached hydrogens (tertiary/aromatic N) is 1. The molecule has 2 heterocycles. The normalized spacial score (nSPS) is 10.2. The summed E-state index contributed by atoms with van der Waals surface area (Å²) in [6, 6.07) is 3.67. The molecule has 0 radical (unpaired) electrons. The first-order valence-corrected chi connectivity index (χ1v) is 6.02. The molecule has 0 saturated carbocycles. The van der Waals surface area contributed by atoms with E-state index in [4.69, 9.17) is 0 Å². The first-order valence-electron chi connectivity index (χ1n) is 3.46. The van der Waals surface area contributed by atoms with Gasteiger partial charge in [0.05, 0.1) is 4.88 Å². The SMILES string of the molecule is O=C(c1cccs1)c1nc(Br)cs1. The Morgan fingerprint density at radius 3 is 2.85 bits per heavy atom. The van der Waals surface area contributed by atoms with Gasteiger partial charge >= 0.3 is 0 Å². The number of thiazole rings is 1. The molecular weight excluding hydrogens is 270 g/mol. The second-order valence-electron chi connectivity index (χ2n) is 2.28. The van der Waals surface area contributed by atoms with Crippen LogP contribution in [0.25, 0.3) is 0 Å². The number of halogens is 1. The van der Waals surface area contributed by atoms with Crippen LogP contribution in [0, 0.1) is 0 Å². The zero-order valence-electron chi connectivity index (χ0n) is 6.36. The van der Waals surface area contributed by atoms with Gasteiger partial charge in [0.25, 0.3) is 0 Å². The molecule has 2 nitrogen and oxygen atoms in total. The van der Waals surface area contributed by atoms with Crippen molar-refractivity contribution in [3.63, 3.8) is 0 Å². The monoisotopic (exact) mass is 273 g/mol. The molecule has 66 valence electrons. The lowest BCUT2D eigenvalue weighted by Crippen LogP contribution is -1.96. The minimum Gasteiger partial charge on any atom is -0.285 e. The van der Waals surface area contributed by atoms with Crippen molar-refractivity contribution in [3.05, 3.63) is 37.4 Å². The Morgan fingerprint density at radius 1 is 1.46 bits per heavy atom. The predicted octanol–water partition coefficient (Wildman–Crippen LogP) is 3.20. The lowest BCUT2D eigenvalue weighted by atomic mass is 10.3. The van der Waals surface area contributed by atoms with Crippen LogP contribution in [0.15, 0.2) is 27.5 Å². The molecule has 0 fully saturated rings. The zero-order chi connectivity index (χ0) is 9.26. The molecule has 0 aliphatic heterocycles. The van der Waals surface area contributed by atoms with E-state index in [2.05, 4.69) is 20.9 Å². The maximum absolute atomic E-state index is 11.7. The largest absolute Gasteiger partial charge is 0.285 e. The molecule has 0 bridgehead atoms. The molecule has 0 saturated heterocycles. The minimum absolute atomic E-state index is 0.00528. The molecule has 0 atom stereocenters. The van der Waals surface area contributed by atoms with Gasteiger partial charge in [0, 0.05) is 5.38 Å². The Balaban J connectivity index is 2.33. The number of hydrogen-bond donors (Lipinski definition) is 0. The fraction of sp³-hybridized carbons (Fsp3) is 0. The third kappa shape index (κ3) is 1.87.